The number of carboxylic acid groups (broad SMARTS) is 2. The Morgan fingerprint density at radius 3 is 1.23 bits per heavy atom. The molecule has 0 atom stereocenters. The van der Waals surface area contributed by atoms with Crippen molar-refractivity contribution in [2.24, 2.45) is 0 Å². The predicted molar refractivity (Wildman–Crippen MR) is 40.4 cm³/mol. The monoisotopic (exact) mass is 325 g/mol. The maximum atomic E-state index is 10.3. The van der Waals surface area contributed by atoms with Gasteiger partial charge in [0.25, 0.3) is 0 Å². The minimum Gasteiger partial charge on any atom is -0.478 e. The Bertz CT molecular complexity index is 284. The first kappa shape index (κ1) is 12.4. The zero-order chi connectivity index (χ0) is 9.14. The normalized spacial score (nSPS) is 8.62. The van der Waals surface area contributed by atoms with Gasteiger partial charge in [-0.05, 0) is 24.3 Å². The summed E-state index contributed by atoms with van der Waals surface area (Å²) in [6.07, 6.45) is 0. The Morgan fingerprint density at radius 2 is 1.08 bits per heavy atom. The van der Waals surface area contributed by atoms with Crippen LogP contribution >= 0.6 is 0 Å². The summed E-state index contributed by atoms with van der Waals surface area (Å²) in [4.78, 5) is 20.7. The fourth-order valence-electron chi connectivity index (χ4n) is 0.755. The minimum atomic E-state index is -1.06. The van der Waals surface area contributed by atoms with E-state index in [1.54, 1.807) is 0 Å². The number of hydrogen-bond donors (Lipinski definition) is 2. The molecule has 0 heterocycles. The summed E-state index contributed by atoms with van der Waals surface area (Å²) in [6, 6.07) is 5.02. The molecular formula is C8H6O4Tb. The number of benzene rings is 1. The van der Waals surface area contributed by atoms with E-state index >= 15 is 0 Å². The van der Waals surface area contributed by atoms with Crippen molar-refractivity contribution in [2.45, 2.75) is 0 Å². The fourth-order valence-corrected chi connectivity index (χ4v) is 0.755. The first-order valence-electron chi connectivity index (χ1n) is 3.18. The molecule has 0 unspecified atom stereocenters. The molecule has 0 amide bonds. The van der Waals surface area contributed by atoms with Crippen molar-refractivity contribution in [1.29, 1.82) is 0 Å². The van der Waals surface area contributed by atoms with Gasteiger partial charge in [-0.15, -0.1) is 0 Å². The van der Waals surface area contributed by atoms with E-state index in [0.717, 1.165) is 0 Å². The Kier molecular flexibility index (Phi) is 5.01. The van der Waals surface area contributed by atoms with E-state index in [0.29, 0.717) is 0 Å². The smallest absolute Gasteiger partial charge is 0.335 e. The third kappa shape index (κ3) is 3.36. The Balaban J connectivity index is 0.00000144. The summed E-state index contributed by atoms with van der Waals surface area (Å²) in [5.41, 5.74) is 0.167. The molecule has 0 saturated carbocycles. The molecule has 1 aromatic carbocycles. The summed E-state index contributed by atoms with van der Waals surface area (Å²) in [7, 11) is 0. The molecule has 13 heavy (non-hydrogen) atoms. The molecule has 0 fully saturated rings. The summed E-state index contributed by atoms with van der Waals surface area (Å²) in [5, 5.41) is 16.9. The zero-order valence-corrected chi connectivity index (χ0v) is 8.49. The van der Waals surface area contributed by atoms with Crippen LogP contribution in [-0.4, -0.2) is 22.2 Å². The third-order valence-corrected chi connectivity index (χ3v) is 1.38. The average Bonchev–Trinajstić information content (AvgIpc) is 2.04. The van der Waals surface area contributed by atoms with Gasteiger partial charge in [-0.2, -0.15) is 0 Å². The number of carbonyl (C=O) groups is 2. The van der Waals surface area contributed by atoms with Crippen LogP contribution in [-0.2, 0) is 0 Å². The summed E-state index contributed by atoms with van der Waals surface area (Å²) >= 11 is 0. The van der Waals surface area contributed by atoms with E-state index in [-0.39, 0.29) is 49.7 Å². The van der Waals surface area contributed by atoms with Crippen LogP contribution in [0.1, 0.15) is 20.7 Å². The van der Waals surface area contributed by atoms with E-state index in [2.05, 4.69) is 0 Å². The van der Waals surface area contributed by atoms with Crippen LogP contribution < -0.4 is 0 Å². The van der Waals surface area contributed by atoms with Gasteiger partial charge in [0.15, 0.2) is 0 Å². The largest absolute Gasteiger partial charge is 0.478 e. The molecule has 0 aliphatic rings. The molecule has 1 aromatic rings. The van der Waals surface area contributed by atoms with Crippen LogP contribution in [0.25, 0.3) is 0 Å². The van der Waals surface area contributed by atoms with Crippen LogP contribution in [0.4, 0.5) is 0 Å². The van der Waals surface area contributed by atoms with Crippen molar-refractivity contribution in [3.05, 3.63) is 35.4 Å². The van der Waals surface area contributed by atoms with Gasteiger partial charge in [0, 0.05) is 38.6 Å². The van der Waals surface area contributed by atoms with Gasteiger partial charge in [0.2, 0.25) is 0 Å². The predicted octanol–water partition coefficient (Wildman–Crippen LogP) is 1.08. The maximum Gasteiger partial charge on any atom is 0.335 e. The summed E-state index contributed by atoms with van der Waals surface area (Å²) < 4.78 is 0. The second-order valence-electron chi connectivity index (χ2n) is 2.19. The molecule has 71 valence electrons. The average molecular weight is 325 g/mol. The van der Waals surface area contributed by atoms with Gasteiger partial charge in [0.1, 0.15) is 0 Å². The second kappa shape index (κ2) is 5.23. The van der Waals surface area contributed by atoms with Crippen molar-refractivity contribution >= 4 is 11.9 Å². The van der Waals surface area contributed by atoms with E-state index in [1.165, 1.54) is 24.3 Å². The third-order valence-electron chi connectivity index (χ3n) is 1.38. The molecule has 0 aliphatic heterocycles. The molecule has 0 saturated heterocycles. The number of carboxylic acids is 2. The molecule has 2 N–H and O–H groups in total. The molecule has 0 aromatic heterocycles. The van der Waals surface area contributed by atoms with Gasteiger partial charge < -0.3 is 10.2 Å². The number of aromatic carboxylic acids is 2. The molecule has 5 heteroatoms. The van der Waals surface area contributed by atoms with Gasteiger partial charge >= 0.3 is 11.9 Å². The van der Waals surface area contributed by atoms with Crippen LogP contribution in [0.2, 0.25) is 0 Å². The SMILES string of the molecule is O=C(O)c1ccc(C(=O)O)cc1.[Tb]. The standard InChI is InChI=1S/C8H6O4.Tb/c9-7(10)5-1-2-6(4-3-5)8(11)12;/h1-4H,(H,9,10)(H,11,12);. The van der Waals surface area contributed by atoms with E-state index < -0.39 is 11.9 Å². The van der Waals surface area contributed by atoms with Gasteiger partial charge in [0.05, 0.1) is 11.1 Å². The maximum absolute atomic E-state index is 10.3. The van der Waals surface area contributed by atoms with Crippen molar-refractivity contribution < 1.29 is 58.4 Å². The van der Waals surface area contributed by atoms with Crippen molar-refractivity contribution in [3.8, 4) is 0 Å². The van der Waals surface area contributed by atoms with Crippen LogP contribution in [0.15, 0.2) is 24.3 Å². The molecule has 4 nitrogen and oxygen atoms in total. The van der Waals surface area contributed by atoms with Gasteiger partial charge in [-0.25, -0.2) is 9.59 Å². The van der Waals surface area contributed by atoms with Crippen LogP contribution in [0.5, 0.6) is 0 Å². The number of hydrogen-bond acceptors (Lipinski definition) is 2. The van der Waals surface area contributed by atoms with Gasteiger partial charge in [-0.1, -0.05) is 0 Å². The van der Waals surface area contributed by atoms with Crippen LogP contribution in [0, 0.1) is 38.6 Å². The summed E-state index contributed by atoms with van der Waals surface area (Å²) in [6.45, 7) is 0. The fraction of sp³-hybridized carbons (Fsp3) is 0. The Hall–Kier alpha value is -0.554. The van der Waals surface area contributed by atoms with Crippen molar-refractivity contribution in [3.63, 3.8) is 0 Å². The minimum absolute atomic E-state index is 0. The Labute approximate surface area is 105 Å². The molecule has 1 rings (SSSR count). The first-order valence-corrected chi connectivity index (χ1v) is 3.18. The van der Waals surface area contributed by atoms with Gasteiger partial charge in [-0.3, -0.25) is 0 Å². The first-order chi connectivity index (χ1) is 5.61. The second-order valence-corrected chi connectivity index (χ2v) is 2.19. The van der Waals surface area contributed by atoms with E-state index in [9.17, 15) is 9.59 Å². The molecule has 0 spiro atoms. The van der Waals surface area contributed by atoms with Crippen LogP contribution in [0.3, 0.4) is 0 Å². The quantitative estimate of drug-likeness (QED) is 0.853. The van der Waals surface area contributed by atoms with E-state index in [4.69, 9.17) is 10.2 Å². The molecule has 0 bridgehead atoms. The molecule has 1 radical (unpaired) electrons. The zero-order valence-electron chi connectivity index (χ0n) is 6.35. The van der Waals surface area contributed by atoms with Crippen molar-refractivity contribution in [2.75, 3.05) is 0 Å². The topological polar surface area (TPSA) is 74.6 Å². The number of rotatable bonds is 2. The Morgan fingerprint density at radius 1 is 0.846 bits per heavy atom. The molecular weight excluding hydrogens is 319 g/mol. The van der Waals surface area contributed by atoms with E-state index in [1.807, 2.05) is 0 Å². The van der Waals surface area contributed by atoms with Crippen molar-refractivity contribution in [1.82, 2.24) is 0 Å². The summed E-state index contributed by atoms with van der Waals surface area (Å²) in [5.74, 6) is -2.13. The molecule has 0 aliphatic carbocycles.